The SMILES string of the molecule is COC(=O)C(C)(Cc1ccc(Cl)c(F)c1)C(=O)O. The van der Waals surface area contributed by atoms with E-state index in [1.807, 2.05) is 0 Å². The number of carbonyl (C=O) groups is 2. The summed E-state index contributed by atoms with van der Waals surface area (Å²) < 4.78 is 17.7. The van der Waals surface area contributed by atoms with Gasteiger partial charge < -0.3 is 9.84 Å². The van der Waals surface area contributed by atoms with Crippen LogP contribution in [0.25, 0.3) is 0 Å². The molecular weight excluding hydrogens is 263 g/mol. The zero-order valence-electron chi connectivity index (χ0n) is 9.87. The lowest BCUT2D eigenvalue weighted by Crippen LogP contribution is -2.39. The number of methoxy groups -OCH3 is 1. The van der Waals surface area contributed by atoms with Gasteiger partial charge in [-0.25, -0.2) is 4.39 Å². The summed E-state index contributed by atoms with van der Waals surface area (Å²) in [6.07, 6.45) is -0.177. The molecule has 0 aromatic heterocycles. The highest BCUT2D eigenvalue weighted by Gasteiger charge is 2.42. The predicted molar refractivity (Wildman–Crippen MR) is 62.9 cm³/mol. The lowest BCUT2D eigenvalue weighted by molar-refractivity contribution is -0.165. The van der Waals surface area contributed by atoms with Gasteiger partial charge in [-0.15, -0.1) is 0 Å². The third kappa shape index (κ3) is 2.79. The lowest BCUT2D eigenvalue weighted by atomic mass is 9.83. The molecule has 1 atom stereocenters. The summed E-state index contributed by atoms with van der Waals surface area (Å²) in [5.74, 6) is -2.87. The highest BCUT2D eigenvalue weighted by molar-refractivity contribution is 6.30. The van der Waals surface area contributed by atoms with Crippen LogP contribution < -0.4 is 0 Å². The van der Waals surface area contributed by atoms with Crippen molar-refractivity contribution in [2.75, 3.05) is 7.11 Å². The normalized spacial score (nSPS) is 13.8. The van der Waals surface area contributed by atoms with Crippen LogP contribution in [0.4, 0.5) is 4.39 Å². The standard InChI is InChI=1S/C12H12ClFO4/c1-12(10(15)16,11(17)18-2)6-7-3-4-8(13)9(14)5-7/h3-5H,6H2,1-2H3,(H,15,16). The Kier molecular flexibility index (Phi) is 4.29. The molecule has 0 fully saturated rings. The van der Waals surface area contributed by atoms with E-state index in [0.717, 1.165) is 13.2 Å². The molecule has 1 rings (SSSR count). The van der Waals surface area contributed by atoms with Crippen LogP contribution in [0, 0.1) is 11.2 Å². The van der Waals surface area contributed by atoms with Crippen molar-refractivity contribution in [1.29, 1.82) is 0 Å². The van der Waals surface area contributed by atoms with Crippen molar-refractivity contribution in [3.8, 4) is 0 Å². The topological polar surface area (TPSA) is 63.6 Å². The smallest absolute Gasteiger partial charge is 0.323 e. The number of esters is 1. The number of halogens is 2. The zero-order chi connectivity index (χ0) is 13.9. The maximum Gasteiger partial charge on any atom is 0.323 e. The molecule has 0 heterocycles. The van der Waals surface area contributed by atoms with Gasteiger partial charge >= 0.3 is 11.9 Å². The second kappa shape index (κ2) is 5.35. The van der Waals surface area contributed by atoms with Gasteiger partial charge in [-0.05, 0) is 31.0 Å². The predicted octanol–water partition coefficient (Wildman–Crippen LogP) is 2.29. The molecule has 0 saturated carbocycles. The summed E-state index contributed by atoms with van der Waals surface area (Å²) in [5, 5.41) is 9.04. The van der Waals surface area contributed by atoms with Crippen LogP contribution in [0.2, 0.25) is 5.02 Å². The minimum Gasteiger partial charge on any atom is -0.480 e. The van der Waals surface area contributed by atoms with Gasteiger partial charge in [0.05, 0.1) is 12.1 Å². The van der Waals surface area contributed by atoms with Gasteiger partial charge in [-0.2, -0.15) is 0 Å². The Labute approximate surface area is 108 Å². The van der Waals surface area contributed by atoms with Crippen molar-refractivity contribution in [3.63, 3.8) is 0 Å². The Bertz CT molecular complexity index is 489. The molecule has 0 radical (unpaired) electrons. The van der Waals surface area contributed by atoms with Crippen LogP contribution >= 0.6 is 11.6 Å². The monoisotopic (exact) mass is 274 g/mol. The minimum absolute atomic E-state index is 0.0613. The Morgan fingerprint density at radius 2 is 2.11 bits per heavy atom. The quantitative estimate of drug-likeness (QED) is 0.676. The first-order chi connectivity index (χ1) is 8.31. The summed E-state index contributed by atoms with van der Waals surface area (Å²) in [6, 6.07) is 3.88. The van der Waals surface area contributed by atoms with E-state index in [2.05, 4.69) is 4.74 Å². The summed E-state index contributed by atoms with van der Waals surface area (Å²) in [4.78, 5) is 22.7. The molecule has 0 aliphatic carbocycles. The molecule has 18 heavy (non-hydrogen) atoms. The van der Waals surface area contributed by atoms with Crippen molar-refractivity contribution in [2.24, 2.45) is 5.41 Å². The van der Waals surface area contributed by atoms with Crippen LogP contribution in [0.1, 0.15) is 12.5 Å². The number of aliphatic carboxylic acids is 1. The number of hydrogen-bond acceptors (Lipinski definition) is 3. The van der Waals surface area contributed by atoms with E-state index in [9.17, 15) is 14.0 Å². The third-order valence-electron chi connectivity index (χ3n) is 2.65. The first kappa shape index (κ1) is 14.4. The van der Waals surface area contributed by atoms with Crippen molar-refractivity contribution in [2.45, 2.75) is 13.3 Å². The van der Waals surface area contributed by atoms with Crippen LogP contribution in [0.5, 0.6) is 0 Å². The Hall–Kier alpha value is -1.62. The first-order valence-corrected chi connectivity index (χ1v) is 5.45. The highest BCUT2D eigenvalue weighted by atomic mass is 35.5. The van der Waals surface area contributed by atoms with Crippen molar-refractivity contribution < 1.29 is 23.8 Å². The van der Waals surface area contributed by atoms with Crippen LogP contribution in [0.3, 0.4) is 0 Å². The number of rotatable bonds is 4. The third-order valence-corrected chi connectivity index (χ3v) is 2.96. The first-order valence-electron chi connectivity index (χ1n) is 5.07. The maximum absolute atomic E-state index is 13.2. The average Bonchev–Trinajstić information content (AvgIpc) is 2.32. The van der Waals surface area contributed by atoms with Crippen LogP contribution in [-0.4, -0.2) is 24.2 Å². The van der Waals surface area contributed by atoms with E-state index in [0.29, 0.717) is 5.56 Å². The zero-order valence-corrected chi connectivity index (χ0v) is 10.6. The highest BCUT2D eigenvalue weighted by Crippen LogP contribution is 2.26. The Morgan fingerprint density at radius 1 is 1.50 bits per heavy atom. The van der Waals surface area contributed by atoms with Crippen molar-refractivity contribution in [3.05, 3.63) is 34.6 Å². The lowest BCUT2D eigenvalue weighted by Gasteiger charge is -2.21. The molecule has 1 aromatic carbocycles. The maximum atomic E-state index is 13.2. The molecule has 0 bridgehead atoms. The summed E-state index contributed by atoms with van der Waals surface area (Å²) >= 11 is 5.52. The fourth-order valence-corrected chi connectivity index (χ4v) is 1.64. The van der Waals surface area contributed by atoms with Crippen LogP contribution in [-0.2, 0) is 20.7 Å². The molecule has 6 heteroatoms. The average molecular weight is 275 g/mol. The van der Waals surface area contributed by atoms with E-state index >= 15 is 0 Å². The van der Waals surface area contributed by atoms with E-state index < -0.39 is 23.2 Å². The van der Waals surface area contributed by atoms with Gasteiger partial charge in [0, 0.05) is 0 Å². The number of hydrogen-bond donors (Lipinski definition) is 1. The number of benzene rings is 1. The molecule has 0 aliphatic rings. The van der Waals surface area contributed by atoms with Gasteiger partial charge in [0.1, 0.15) is 5.82 Å². The summed E-state index contributed by atoms with van der Waals surface area (Å²) in [7, 11) is 1.10. The Morgan fingerprint density at radius 3 is 2.56 bits per heavy atom. The number of carboxylic acids is 1. The summed E-state index contributed by atoms with van der Waals surface area (Å²) in [6.45, 7) is 1.23. The van der Waals surface area contributed by atoms with Gasteiger partial charge in [0.25, 0.3) is 0 Å². The molecule has 0 amide bonds. The largest absolute Gasteiger partial charge is 0.480 e. The molecule has 0 spiro atoms. The van der Waals surface area contributed by atoms with Gasteiger partial charge in [-0.3, -0.25) is 9.59 Å². The number of carboxylic acid groups (broad SMARTS) is 1. The van der Waals surface area contributed by atoms with Gasteiger partial charge in [0.2, 0.25) is 0 Å². The van der Waals surface area contributed by atoms with Crippen molar-refractivity contribution in [1.82, 2.24) is 0 Å². The second-order valence-corrected chi connectivity index (χ2v) is 4.46. The fraction of sp³-hybridized carbons (Fsp3) is 0.333. The molecule has 1 unspecified atom stereocenters. The molecule has 0 aliphatic heterocycles. The molecule has 4 nitrogen and oxygen atoms in total. The minimum atomic E-state index is -1.75. The van der Waals surface area contributed by atoms with E-state index in [-0.39, 0.29) is 11.4 Å². The second-order valence-electron chi connectivity index (χ2n) is 4.05. The van der Waals surface area contributed by atoms with Crippen molar-refractivity contribution >= 4 is 23.5 Å². The van der Waals surface area contributed by atoms with E-state index in [1.54, 1.807) is 0 Å². The van der Waals surface area contributed by atoms with Gasteiger partial charge in [-0.1, -0.05) is 17.7 Å². The molecular formula is C12H12ClFO4. The number of ether oxygens (including phenoxy) is 1. The summed E-state index contributed by atoms with van der Waals surface area (Å²) in [5.41, 5.74) is -1.40. The fourth-order valence-electron chi connectivity index (χ4n) is 1.52. The number of carbonyl (C=O) groups excluding carboxylic acids is 1. The molecule has 1 N–H and O–H groups in total. The Balaban J connectivity index is 3.08. The van der Waals surface area contributed by atoms with E-state index in [1.165, 1.54) is 19.1 Å². The molecule has 98 valence electrons. The molecule has 0 saturated heterocycles. The van der Waals surface area contributed by atoms with E-state index in [4.69, 9.17) is 16.7 Å². The molecule has 1 aromatic rings. The van der Waals surface area contributed by atoms with Crippen LogP contribution in [0.15, 0.2) is 18.2 Å². The van der Waals surface area contributed by atoms with Gasteiger partial charge in [0.15, 0.2) is 5.41 Å².